The quantitative estimate of drug-likeness (QED) is 0.221. The first-order chi connectivity index (χ1) is 19.0. The number of anilines is 1. The Balaban J connectivity index is 1.27. The molecule has 0 saturated carbocycles. The highest BCUT2D eigenvalue weighted by molar-refractivity contribution is 6.03. The summed E-state index contributed by atoms with van der Waals surface area (Å²) in [6.07, 6.45) is 0.0335. The number of halogens is 2. The number of aliphatic hydroxyl groups excluding tert-OH is 1. The van der Waals surface area contributed by atoms with Crippen molar-refractivity contribution < 1.29 is 18.7 Å². The highest BCUT2D eigenvalue weighted by Gasteiger charge is 2.48. The Hall–Kier alpha value is -4.35. The minimum absolute atomic E-state index is 0.0588. The SMILES string of the molecule is O=C1[C@H](CC[C@H](O)c2ccc(F)cc2)[C@@H](c2ccc(-c3ccc4ccccc4c3)cc2)N1c1ccc(F)cc1. The molecule has 1 fully saturated rings. The van der Waals surface area contributed by atoms with Gasteiger partial charge in [0, 0.05) is 5.69 Å². The number of carbonyl (C=O) groups excluding carboxylic acids is 1. The molecule has 5 heteroatoms. The van der Waals surface area contributed by atoms with Crippen molar-refractivity contribution in [3.8, 4) is 11.1 Å². The maximum absolute atomic E-state index is 13.6. The third-order valence-corrected chi connectivity index (χ3v) is 7.66. The van der Waals surface area contributed by atoms with Crippen molar-refractivity contribution in [2.45, 2.75) is 25.0 Å². The summed E-state index contributed by atoms with van der Waals surface area (Å²) in [5.74, 6) is -1.11. The van der Waals surface area contributed by atoms with Crippen molar-refractivity contribution in [2.24, 2.45) is 5.92 Å². The van der Waals surface area contributed by atoms with Crippen LogP contribution in [0.1, 0.15) is 36.1 Å². The van der Waals surface area contributed by atoms with E-state index in [1.54, 1.807) is 29.2 Å². The largest absolute Gasteiger partial charge is 0.388 e. The van der Waals surface area contributed by atoms with E-state index in [0.717, 1.165) is 16.7 Å². The Morgan fingerprint density at radius 1 is 0.718 bits per heavy atom. The number of benzene rings is 5. The van der Waals surface area contributed by atoms with Gasteiger partial charge in [0.25, 0.3) is 0 Å². The molecule has 1 saturated heterocycles. The number of β-lactam (4-membered cyclic amide) rings is 1. The molecule has 5 aromatic carbocycles. The van der Waals surface area contributed by atoms with Crippen LogP contribution in [0.15, 0.2) is 115 Å². The molecule has 3 atom stereocenters. The van der Waals surface area contributed by atoms with Crippen molar-refractivity contribution in [2.75, 3.05) is 4.90 Å². The Morgan fingerprint density at radius 2 is 1.33 bits per heavy atom. The normalized spacial score (nSPS) is 17.7. The second kappa shape index (κ2) is 10.4. The maximum atomic E-state index is 13.6. The number of aliphatic hydroxyl groups is 1. The number of carbonyl (C=O) groups is 1. The van der Waals surface area contributed by atoms with E-state index in [2.05, 4.69) is 42.5 Å². The van der Waals surface area contributed by atoms with Crippen LogP contribution < -0.4 is 4.90 Å². The molecule has 194 valence electrons. The molecule has 0 bridgehead atoms. The van der Waals surface area contributed by atoms with Gasteiger partial charge < -0.3 is 10.0 Å². The van der Waals surface area contributed by atoms with E-state index in [1.165, 1.54) is 35.0 Å². The standard InChI is InChI=1S/C34H27F2NO2/c35-28-13-11-24(12-14-28)32(38)20-19-31-33(37(34(31)39)30-17-15-29(36)16-18-30)25-8-5-23(6-9-25)27-10-7-22-3-1-2-4-26(22)21-27/h1-18,21,31-33,38H,19-20H2/t31-,32+,33-/m1/s1. The Morgan fingerprint density at radius 3 is 2.03 bits per heavy atom. The van der Waals surface area contributed by atoms with Crippen molar-refractivity contribution in [3.63, 3.8) is 0 Å². The smallest absolute Gasteiger partial charge is 0.233 e. The minimum Gasteiger partial charge on any atom is -0.388 e. The monoisotopic (exact) mass is 519 g/mol. The zero-order chi connectivity index (χ0) is 26.9. The molecule has 6 rings (SSSR count). The van der Waals surface area contributed by atoms with Crippen molar-refractivity contribution in [3.05, 3.63) is 138 Å². The fourth-order valence-corrected chi connectivity index (χ4v) is 5.53. The average molecular weight is 520 g/mol. The highest BCUT2D eigenvalue weighted by atomic mass is 19.1. The lowest BCUT2D eigenvalue weighted by Crippen LogP contribution is -2.55. The van der Waals surface area contributed by atoms with Crippen LogP contribution in [0.2, 0.25) is 0 Å². The molecule has 5 aromatic rings. The van der Waals surface area contributed by atoms with Crippen molar-refractivity contribution in [1.29, 1.82) is 0 Å². The van der Waals surface area contributed by atoms with Gasteiger partial charge in [-0.05, 0) is 88.3 Å². The van der Waals surface area contributed by atoms with E-state index in [1.807, 2.05) is 24.3 Å². The Labute approximate surface area is 226 Å². The molecule has 1 N–H and O–H groups in total. The molecular formula is C34H27F2NO2. The summed E-state index contributed by atoms with van der Waals surface area (Å²) < 4.78 is 26.9. The first kappa shape index (κ1) is 25.0. The van der Waals surface area contributed by atoms with E-state index in [9.17, 15) is 18.7 Å². The molecular weight excluding hydrogens is 492 g/mol. The molecule has 0 radical (unpaired) electrons. The van der Waals surface area contributed by atoms with Gasteiger partial charge in [-0.15, -0.1) is 0 Å². The fraction of sp³-hybridized carbons (Fsp3) is 0.147. The van der Waals surface area contributed by atoms with Crippen molar-refractivity contribution in [1.82, 2.24) is 0 Å². The summed E-state index contributed by atoms with van der Waals surface area (Å²) in [7, 11) is 0. The Kier molecular flexibility index (Phi) is 6.67. The summed E-state index contributed by atoms with van der Waals surface area (Å²) in [5.41, 5.74) is 4.42. The number of hydrogen-bond donors (Lipinski definition) is 1. The van der Waals surface area contributed by atoms with Crippen molar-refractivity contribution >= 4 is 22.4 Å². The van der Waals surface area contributed by atoms with Crippen LogP contribution in [0.3, 0.4) is 0 Å². The Bertz CT molecular complexity index is 1610. The predicted octanol–water partition coefficient (Wildman–Crippen LogP) is 8.00. The lowest BCUT2D eigenvalue weighted by molar-refractivity contribution is -0.131. The fourth-order valence-electron chi connectivity index (χ4n) is 5.53. The number of rotatable bonds is 7. The number of fused-ring (bicyclic) bond motifs is 1. The van der Waals surface area contributed by atoms with Crippen LogP contribution in [-0.2, 0) is 4.79 Å². The number of amides is 1. The molecule has 3 nitrogen and oxygen atoms in total. The van der Waals surface area contributed by atoms with Crippen LogP contribution in [-0.4, -0.2) is 11.0 Å². The highest BCUT2D eigenvalue weighted by Crippen LogP contribution is 2.46. The van der Waals surface area contributed by atoms with Gasteiger partial charge in [-0.25, -0.2) is 8.78 Å². The third-order valence-electron chi connectivity index (χ3n) is 7.66. The topological polar surface area (TPSA) is 40.5 Å². The van der Waals surface area contributed by atoms with Gasteiger partial charge in [-0.2, -0.15) is 0 Å². The van der Waals surface area contributed by atoms with E-state index in [4.69, 9.17) is 0 Å². The van der Waals surface area contributed by atoms with E-state index >= 15 is 0 Å². The van der Waals surface area contributed by atoms with Gasteiger partial charge in [-0.1, -0.05) is 72.8 Å². The lowest BCUT2D eigenvalue weighted by atomic mass is 9.78. The van der Waals surface area contributed by atoms with Crippen LogP contribution in [0.4, 0.5) is 14.5 Å². The van der Waals surface area contributed by atoms with Crippen LogP contribution in [0.5, 0.6) is 0 Å². The molecule has 0 aliphatic carbocycles. The summed E-state index contributed by atoms with van der Waals surface area (Å²) in [4.78, 5) is 15.0. The summed E-state index contributed by atoms with van der Waals surface area (Å²) in [6.45, 7) is 0. The number of hydrogen-bond acceptors (Lipinski definition) is 2. The zero-order valence-electron chi connectivity index (χ0n) is 21.2. The summed E-state index contributed by atoms with van der Waals surface area (Å²) >= 11 is 0. The molecule has 1 heterocycles. The van der Waals surface area contributed by atoms with Gasteiger partial charge >= 0.3 is 0 Å². The predicted molar refractivity (Wildman–Crippen MR) is 150 cm³/mol. The van der Waals surface area contributed by atoms with E-state index in [-0.39, 0.29) is 29.5 Å². The van der Waals surface area contributed by atoms with Gasteiger partial charge in [0.05, 0.1) is 18.1 Å². The second-order valence-corrected chi connectivity index (χ2v) is 10.1. The van der Waals surface area contributed by atoms with E-state index in [0.29, 0.717) is 24.1 Å². The average Bonchev–Trinajstić information content (AvgIpc) is 2.97. The molecule has 0 spiro atoms. The molecule has 1 aliphatic heterocycles. The summed E-state index contributed by atoms with van der Waals surface area (Å²) in [6, 6.07) is 34.3. The van der Waals surface area contributed by atoms with Gasteiger partial charge in [-0.3, -0.25) is 4.79 Å². The van der Waals surface area contributed by atoms with Crippen LogP contribution in [0.25, 0.3) is 21.9 Å². The lowest BCUT2D eigenvalue weighted by Gasteiger charge is -2.48. The minimum atomic E-state index is -0.797. The van der Waals surface area contributed by atoms with E-state index < -0.39 is 6.10 Å². The molecule has 0 aromatic heterocycles. The van der Waals surface area contributed by atoms with Gasteiger partial charge in [0.15, 0.2) is 0 Å². The van der Waals surface area contributed by atoms with Gasteiger partial charge in [0.2, 0.25) is 5.91 Å². The maximum Gasteiger partial charge on any atom is 0.233 e. The molecule has 39 heavy (non-hydrogen) atoms. The number of nitrogens with zero attached hydrogens (tertiary/aromatic N) is 1. The second-order valence-electron chi connectivity index (χ2n) is 10.1. The molecule has 0 unspecified atom stereocenters. The zero-order valence-corrected chi connectivity index (χ0v) is 21.2. The summed E-state index contributed by atoms with van der Waals surface area (Å²) in [5, 5.41) is 13.0. The molecule has 1 amide bonds. The first-order valence-electron chi connectivity index (χ1n) is 13.1. The van der Waals surface area contributed by atoms with Crippen LogP contribution in [0, 0.1) is 17.6 Å². The van der Waals surface area contributed by atoms with Gasteiger partial charge in [0.1, 0.15) is 11.6 Å². The first-order valence-corrected chi connectivity index (χ1v) is 13.1. The molecule has 1 aliphatic rings. The third kappa shape index (κ3) is 4.93. The van der Waals surface area contributed by atoms with Crippen LogP contribution >= 0.6 is 0 Å².